The number of hydrogen-bond donors (Lipinski definition) is 0. The molecule has 5 heteroatoms. The fraction of sp³-hybridized carbons (Fsp3) is 0.417. The highest BCUT2D eigenvalue weighted by Gasteiger charge is 2.24. The number of rotatable bonds is 5. The van der Waals surface area contributed by atoms with Crippen molar-refractivity contribution < 1.29 is 14.5 Å². The van der Waals surface area contributed by atoms with Crippen molar-refractivity contribution in [3.8, 4) is 5.75 Å². The van der Waals surface area contributed by atoms with E-state index in [1.807, 2.05) is 6.92 Å². The number of aryl methyl sites for hydroxylation is 1. The molecule has 0 radical (unpaired) electrons. The van der Waals surface area contributed by atoms with Crippen molar-refractivity contribution in [1.29, 1.82) is 0 Å². The molecule has 92 valence electrons. The maximum atomic E-state index is 11.4. The van der Waals surface area contributed by atoms with Gasteiger partial charge in [0.2, 0.25) is 0 Å². The molecule has 5 nitrogen and oxygen atoms in total. The van der Waals surface area contributed by atoms with Crippen LogP contribution in [-0.4, -0.2) is 17.3 Å². The molecule has 0 spiro atoms. The molecule has 0 aliphatic rings. The number of carbonyl (C=O) groups is 1. The van der Waals surface area contributed by atoms with Crippen LogP contribution in [0.25, 0.3) is 0 Å². The Labute approximate surface area is 99.5 Å². The molecular weight excluding hydrogens is 222 g/mol. The first kappa shape index (κ1) is 13.2. The first-order valence-electron chi connectivity index (χ1n) is 5.46. The first-order chi connectivity index (χ1) is 8.01. The lowest BCUT2D eigenvalue weighted by atomic mass is 10.0. The van der Waals surface area contributed by atoms with E-state index in [0.29, 0.717) is 13.0 Å². The molecule has 0 amide bonds. The highest BCUT2D eigenvalue weighted by molar-refractivity contribution is 5.99. The van der Waals surface area contributed by atoms with Gasteiger partial charge in [0.25, 0.3) is 0 Å². The van der Waals surface area contributed by atoms with E-state index in [1.165, 1.54) is 6.92 Å². The van der Waals surface area contributed by atoms with Gasteiger partial charge in [0.15, 0.2) is 11.5 Å². The predicted molar refractivity (Wildman–Crippen MR) is 63.6 cm³/mol. The molecule has 1 aromatic rings. The van der Waals surface area contributed by atoms with E-state index in [4.69, 9.17) is 4.74 Å². The number of Topliss-reactive ketones (excluding diaryl/α,β-unsaturated/α-hetero) is 1. The van der Waals surface area contributed by atoms with Gasteiger partial charge in [-0.25, -0.2) is 0 Å². The molecule has 0 bridgehead atoms. The third-order valence-corrected chi connectivity index (χ3v) is 2.40. The van der Waals surface area contributed by atoms with Gasteiger partial charge in [-0.1, -0.05) is 6.92 Å². The van der Waals surface area contributed by atoms with Crippen molar-refractivity contribution in [2.75, 3.05) is 6.61 Å². The summed E-state index contributed by atoms with van der Waals surface area (Å²) in [6.45, 7) is 5.31. The number of nitro groups is 1. The number of benzene rings is 1. The lowest BCUT2D eigenvalue weighted by Gasteiger charge is -2.09. The summed E-state index contributed by atoms with van der Waals surface area (Å²) < 4.78 is 5.24. The number of carbonyl (C=O) groups excluding carboxylic acids is 1. The Hall–Kier alpha value is -1.91. The molecule has 1 aromatic carbocycles. The van der Waals surface area contributed by atoms with Crippen LogP contribution in [0.15, 0.2) is 12.1 Å². The quantitative estimate of drug-likeness (QED) is 0.448. The van der Waals surface area contributed by atoms with Crippen molar-refractivity contribution in [3.63, 3.8) is 0 Å². The molecule has 0 saturated heterocycles. The van der Waals surface area contributed by atoms with Crippen LogP contribution < -0.4 is 4.74 Å². The number of nitrogens with zero attached hydrogens (tertiary/aromatic N) is 1. The largest absolute Gasteiger partial charge is 0.487 e. The van der Waals surface area contributed by atoms with Gasteiger partial charge in [-0.3, -0.25) is 14.9 Å². The summed E-state index contributed by atoms with van der Waals surface area (Å²) in [5.74, 6) is -0.157. The Balaban J connectivity index is 3.49. The number of ketones is 1. The van der Waals surface area contributed by atoms with Gasteiger partial charge < -0.3 is 4.74 Å². The van der Waals surface area contributed by atoms with Gasteiger partial charge in [-0.15, -0.1) is 0 Å². The monoisotopic (exact) mass is 237 g/mol. The van der Waals surface area contributed by atoms with E-state index in [-0.39, 0.29) is 22.8 Å². The maximum absolute atomic E-state index is 11.4. The fourth-order valence-corrected chi connectivity index (χ4v) is 1.59. The minimum Gasteiger partial charge on any atom is -0.487 e. The molecule has 1 rings (SSSR count). The van der Waals surface area contributed by atoms with Crippen molar-refractivity contribution in [1.82, 2.24) is 0 Å². The summed E-state index contributed by atoms with van der Waals surface area (Å²) in [4.78, 5) is 21.9. The standard InChI is InChI=1S/C12H15NO4/c1-4-9-6-10(8(3)14)12(13(15)16)11(7-9)17-5-2/h6-7H,4-5H2,1-3H3. The normalized spacial score (nSPS) is 10.1. The maximum Gasteiger partial charge on any atom is 0.321 e. The lowest BCUT2D eigenvalue weighted by Crippen LogP contribution is -2.05. The van der Waals surface area contributed by atoms with Crippen LogP contribution in [0.1, 0.15) is 36.7 Å². The Bertz CT molecular complexity index is 454. The molecule has 17 heavy (non-hydrogen) atoms. The van der Waals surface area contributed by atoms with Crippen LogP contribution in [0.5, 0.6) is 5.75 Å². The Kier molecular flexibility index (Phi) is 4.20. The SMILES string of the molecule is CCOc1cc(CC)cc(C(C)=O)c1[N+](=O)[O-]. The van der Waals surface area contributed by atoms with E-state index >= 15 is 0 Å². The second-order valence-corrected chi connectivity index (χ2v) is 3.59. The van der Waals surface area contributed by atoms with E-state index in [1.54, 1.807) is 19.1 Å². The van der Waals surface area contributed by atoms with Crippen molar-refractivity contribution in [2.45, 2.75) is 27.2 Å². The summed E-state index contributed by atoms with van der Waals surface area (Å²) in [6, 6.07) is 3.18. The van der Waals surface area contributed by atoms with Gasteiger partial charge >= 0.3 is 5.69 Å². The van der Waals surface area contributed by atoms with Crippen molar-refractivity contribution in [2.24, 2.45) is 0 Å². The topological polar surface area (TPSA) is 69.4 Å². The van der Waals surface area contributed by atoms with Crippen LogP contribution in [0.2, 0.25) is 0 Å². The molecular formula is C12H15NO4. The number of nitro benzene ring substituents is 1. The molecule has 0 unspecified atom stereocenters. The van der Waals surface area contributed by atoms with E-state index in [2.05, 4.69) is 0 Å². The average molecular weight is 237 g/mol. The second-order valence-electron chi connectivity index (χ2n) is 3.59. The summed E-state index contributed by atoms with van der Waals surface area (Å²) in [7, 11) is 0. The van der Waals surface area contributed by atoms with Crippen LogP contribution in [-0.2, 0) is 6.42 Å². The Morgan fingerprint density at radius 1 is 1.41 bits per heavy atom. The summed E-state index contributed by atoms with van der Waals surface area (Å²) >= 11 is 0. The summed E-state index contributed by atoms with van der Waals surface area (Å²) in [5, 5.41) is 11.0. The third-order valence-electron chi connectivity index (χ3n) is 2.40. The summed E-state index contributed by atoms with van der Waals surface area (Å²) in [5.41, 5.74) is 0.721. The van der Waals surface area contributed by atoms with Gasteiger partial charge in [-0.05, 0) is 38.0 Å². The zero-order chi connectivity index (χ0) is 13.0. The molecule has 0 atom stereocenters. The second kappa shape index (κ2) is 5.43. The van der Waals surface area contributed by atoms with E-state index in [9.17, 15) is 14.9 Å². The van der Waals surface area contributed by atoms with Crippen LogP contribution in [0, 0.1) is 10.1 Å². The summed E-state index contributed by atoms with van der Waals surface area (Å²) in [6.07, 6.45) is 0.693. The molecule has 0 aromatic heterocycles. The minimum absolute atomic E-state index is 0.109. The molecule has 0 N–H and O–H groups in total. The highest BCUT2D eigenvalue weighted by atomic mass is 16.6. The fourth-order valence-electron chi connectivity index (χ4n) is 1.59. The van der Waals surface area contributed by atoms with Gasteiger partial charge in [0, 0.05) is 0 Å². The van der Waals surface area contributed by atoms with Gasteiger partial charge in [-0.2, -0.15) is 0 Å². The molecule has 0 fully saturated rings. The molecule has 0 saturated carbocycles. The Morgan fingerprint density at radius 3 is 2.47 bits per heavy atom. The number of hydrogen-bond acceptors (Lipinski definition) is 4. The smallest absolute Gasteiger partial charge is 0.321 e. The molecule has 0 aliphatic heterocycles. The average Bonchev–Trinajstić information content (AvgIpc) is 2.27. The van der Waals surface area contributed by atoms with Gasteiger partial charge in [0.1, 0.15) is 0 Å². The lowest BCUT2D eigenvalue weighted by molar-refractivity contribution is -0.386. The Morgan fingerprint density at radius 2 is 2.06 bits per heavy atom. The third kappa shape index (κ3) is 2.81. The minimum atomic E-state index is -0.568. The van der Waals surface area contributed by atoms with E-state index in [0.717, 1.165) is 5.56 Å². The number of ether oxygens (including phenoxy) is 1. The van der Waals surface area contributed by atoms with E-state index < -0.39 is 4.92 Å². The molecule has 0 heterocycles. The van der Waals surface area contributed by atoms with Gasteiger partial charge in [0.05, 0.1) is 17.1 Å². The zero-order valence-corrected chi connectivity index (χ0v) is 10.1. The zero-order valence-electron chi connectivity index (χ0n) is 10.1. The predicted octanol–water partition coefficient (Wildman–Crippen LogP) is 2.76. The van der Waals surface area contributed by atoms with Crippen LogP contribution in [0.3, 0.4) is 0 Å². The highest BCUT2D eigenvalue weighted by Crippen LogP contribution is 2.33. The van der Waals surface area contributed by atoms with Crippen molar-refractivity contribution >= 4 is 11.5 Å². The molecule has 0 aliphatic carbocycles. The van der Waals surface area contributed by atoms with Crippen LogP contribution >= 0.6 is 0 Å². The first-order valence-corrected chi connectivity index (χ1v) is 5.46. The van der Waals surface area contributed by atoms with Crippen molar-refractivity contribution in [3.05, 3.63) is 33.4 Å². The van der Waals surface area contributed by atoms with Crippen LogP contribution in [0.4, 0.5) is 5.69 Å².